The monoisotopic (exact) mass is 1450 g/mol. The molecule has 0 saturated carbocycles. The number of aromatic nitrogens is 6. The molecule has 0 amide bonds. The third kappa shape index (κ3) is 20.1. The molecule has 0 aliphatic carbocycles. The van der Waals surface area contributed by atoms with Crippen molar-refractivity contribution in [3.63, 3.8) is 0 Å². The van der Waals surface area contributed by atoms with E-state index in [2.05, 4.69) is 29.9 Å². The van der Waals surface area contributed by atoms with Crippen LogP contribution in [0.25, 0.3) is 99.5 Å². The molecule has 0 unspecified atom stereocenters. The van der Waals surface area contributed by atoms with Gasteiger partial charge in [0.2, 0.25) is 0 Å². The van der Waals surface area contributed by atoms with Crippen LogP contribution in [0.15, 0.2) is 239 Å². The summed E-state index contributed by atoms with van der Waals surface area (Å²) in [4.78, 5) is 24.9. The first-order chi connectivity index (χ1) is 38.2. The average Bonchev–Trinajstić information content (AvgIpc) is 0.763. The summed E-state index contributed by atoms with van der Waals surface area (Å²) < 4.78 is 138. The van der Waals surface area contributed by atoms with Gasteiger partial charge >= 0.3 is 78.6 Å². The van der Waals surface area contributed by atoms with Crippen molar-refractivity contribution in [3.8, 4) is 55.9 Å². The van der Waals surface area contributed by atoms with E-state index < -0.39 is 40.5 Å². The second kappa shape index (κ2) is 37.2. The molecule has 92 heavy (non-hydrogen) atoms. The van der Waals surface area contributed by atoms with Gasteiger partial charge in [-0.3, -0.25) is 29.9 Å². The fraction of sp³-hybridized carbons (Fsp3) is 0. The van der Waals surface area contributed by atoms with Gasteiger partial charge < -0.3 is 67.5 Å². The number of hydrogen-bond donors (Lipinski definition) is 0. The first-order valence-corrected chi connectivity index (χ1v) is 29.3. The fourth-order valence-electron chi connectivity index (χ4n) is 8.97. The van der Waals surface area contributed by atoms with Crippen LogP contribution < -0.4 is 59.1 Å². The van der Waals surface area contributed by atoms with E-state index in [1.165, 1.54) is 72.8 Å². The zero-order chi connectivity index (χ0) is 56.4. The molecule has 0 aliphatic heterocycles. The first-order valence-electron chi connectivity index (χ1n) is 23.6. The summed E-state index contributed by atoms with van der Waals surface area (Å²) in [5, 5.41) is 2.76. The number of fused-ring (bicyclic) bond motifs is 6. The topological polar surface area (TPSA) is 590 Å². The quantitative estimate of drug-likeness (QED) is 0.0771. The van der Waals surface area contributed by atoms with E-state index in [-0.39, 0.29) is 147 Å². The molecule has 34 heteroatoms. The second-order valence-electron chi connectivity index (χ2n) is 17.5. The van der Waals surface area contributed by atoms with Crippen LogP contribution in [0.5, 0.6) is 0 Å². The summed E-state index contributed by atoms with van der Waals surface area (Å²) in [6.45, 7) is 0. The van der Waals surface area contributed by atoms with Gasteiger partial charge in [0.1, 0.15) is 40.5 Å². The number of hydrogen-bond acceptors (Lipinski definition) is 18. The maximum atomic E-state index is 11.5. The van der Waals surface area contributed by atoms with Crippen molar-refractivity contribution in [1.82, 2.24) is 29.9 Å². The SMILES string of the molecule is O.O.O.O.O.O.O.O.O.O=S(=O)([O-])c1cccc(-c2ccnc3c2ccc2c(-c4cccc(S(=O)(=O)[O-])c4)ccnc23)c1.O=S(=O)([O-])c1cccc(-c2ccnc3c2ccc2c(-c4cccc(S(=O)(=O)[O-])c4)ccnc23)c1.[Na+].[Na+].[Ru+2].c1ccc(-c2ccccn2)nc1. The third-order valence-corrected chi connectivity index (χ3v) is 15.9. The van der Waals surface area contributed by atoms with Crippen molar-refractivity contribution in [2.45, 2.75) is 19.6 Å². The van der Waals surface area contributed by atoms with E-state index in [9.17, 15) is 51.9 Å². The van der Waals surface area contributed by atoms with Gasteiger partial charge in [-0.1, -0.05) is 84.9 Å². The van der Waals surface area contributed by atoms with Crippen LogP contribution in [0, 0.1) is 0 Å². The first kappa shape index (κ1) is 89.4. The van der Waals surface area contributed by atoms with Crippen LogP contribution in [0.4, 0.5) is 0 Å². The van der Waals surface area contributed by atoms with Crippen LogP contribution in [0.3, 0.4) is 0 Å². The van der Waals surface area contributed by atoms with Crippen molar-refractivity contribution in [2.24, 2.45) is 0 Å². The van der Waals surface area contributed by atoms with Crippen LogP contribution >= 0.6 is 0 Å². The molecule has 27 nitrogen and oxygen atoms in total. The van der Waals surface area contributed by atoms with Gasteiger partial charge in [-0.25, -0.2) is 33.7 Å². The number of benzene rings is 6. The number of rotatable bonds is 9. The Morgan fingerprint density at radius 1 is 0.250 bits per heavy atom. The van der Waals surface area contributed by atoms with Gasteiger partial charge in [-0.05, 0) is 142 Å². The summed E-state index contributed by atoms with van der Waals surface area (Å²) in [5.41, 5.74) is 8.82. The Morgan fingerprint density at radius 3 is 0.652 bits per heavy atom. The summed E-state index contributed by atoms with van der Waals surface area (Å²) in [6, 6.07) is 48.7. The minimum absolute atomic E-state index is 0. The van der Waals surface area contributed by atoms with E-state index >= 15 is 0 Å². The standard InChI is InChI=1S/2C24H16N2O6S2.C10H8N2.2Na.9H2O.Ru/c2*27-33(28,29)17-5-1-3-15(13-17)19-9-11-25-23-21(19)7-8-22-20(10-12-26-24(22)23)16-4-2-6-18(14-16)34(30,31)32;1-3-7-11-9(5-1)10-6-2-4-8-12-10;;;;;;;;;;;;/h2*1-14H,(H,27,28,29)(H,30,31,32);1-8H;;;9*1H2;/q;;;2*+1;;;;;;;;;;+2/p-4. The predicted molar refractivity (Wildman–Crippen MR) is 328 cm³/mol. The van der Waals surface area contributed by atoms with E-state index in [0.29, 0.717) is 88.1 Å². The maximum absolute atomic E-state index is 11.5. The van der Waals surface area contributed by atoms with Gasteiger partial charge in [0.05, 0.1) is 53.0 Å². The maximum Gasteiger partial charge on any atom is 2.00 e. The molecule has 6 heterocycles. The third-order valence-electron chi connectivity index (χ3n) is 12.6. The largest absolute Gasteiger partial charge is 2.00 e. The average molecular weight is 1450 g/mol. The van der Waals surface area contributed by atoms with E-state index in [1.807, 2.05) is 36.4 Å². The van der Waals surface area contributed by atoms with Crippen molar-refractivity contribution >= 4 is 84.1 Å². The number of pyridine rings is 6. The molecular formula is C58H54N6Na2O21RuS4. The Morgan fingerprint density at radius 2 is 0.467 bits per heavy atom. The van der Waals surface area contributed by atoms with E-state index in [0.717, 1.165) is 11.4 Å². The van der Waals surface area contributed by atoms with Gasteiger partial charge in [-0.15, -0.1) is 0 Å². The Bertz CT molecular complexity index is 4320. The van der Waals surface area contributed by atoms with Gasteiger partial charge in [0.15, 0.2) is 0 Å². The summed E-state index contributed by atoms with van der Waals surface area (Å²) in [5.74, 6) is 0. The molecule has 0 atom stereocenters. The van der Waals surface area contributed by atoms with Gasteiger partial charge in [0.25, 0.3) is 0 Å². The molecule has 476 valence electrons. The number of nitrogens with zero attached hydrogens (tertiary/aromatic N) is 6. The van der Waals surface area contributed by atoms with Crippen molar-refractivity contribution < 1.29 is 180 Å². The summed E-state index contributed by atoms with van der Waals surface area (Å²) >= 11 is 0. The Balaban J connectivity index is -0.00000131. The Hall–Kier alpha value is -6.84. The summed E-state index contributed by atoms with van der Waals surface area (Å²) in [7, 11) is -18.5. The molecule has 12 rings (SSSR count). The molecule has 0 bridgehead atoms. The van der Waals surface area contributed by atoms with Crippen molar-refractivity contribution in [2.75, 3.05) is 0 Å². The normalized spacial score (nSPS) is 10.3. The fourth-order valence-corrected chi connectivity index (χ4v) is 11.0. The summed E-state index contributed by atoms with van der Waals surface area (Å²) in [6.07, 6.45) is 9.79. The Labute approximate surface area is 582 Å². The van der Waals surface area contributed by atoms with E-state index in [4.69, 9.17) is 0 Å². The molecule has 0 fully saturated rings. The second-order valence-corrected chi connectivity index (χ2v) is 23.0. The van der Waals surface area contributed by atoms with Gasteiger partial charge in [0, 0.05) is 58.7 Å². The van der Waals surface area contributed by atoms with Crippen molar-refractivity contribution in [1.29, 1.82) is 0 Å². The molecule has 0 spiro atoms. The van der Waals surface area contributed by atoms with Crippen LogP contribution in [-0.4, -0.2) is 131 Å². The molecule has 0 aliphatic rings. The van der Waals surface area contributed by atoms with E-state index in [1.54, 1.807) is 110 Å². The molecule has 6 aromatic heterocycles. The smallest absolute Gasteiger partial charge is 0.744 e. The molecule has 0 saturated heterocycles. The molecule has 18 N–H and O–H groups in total. The Kier molecular flexibility index (Phi) is 36.1. The van der Waals surface area contributed by atoms with Gasteiger partial charge in [-0.2, -0.15) is 0 Å². The van der Waals surface area contributed by atoms with Crippen LogP contribution in [-0.2, 0) is 60.0 Å². The van der Waals surface area contributed by atoms with Crippen LogP contribution in [0.2, 0.25) is 0 Å². The van der Waals surface area contributed by atoms with Crippen LogP contribution in [0.1, 0.15) is 0 Å². The minimum atomic E-state index is -4.61. The zero-order valence-electron chi connectivity index (χ0n) is 47.9. The predicted octanol–water partition coefficient (Wildman–Crippen LogP) is -3.42. The minimum Gasteiger partial charge on any atom is -0.744 e. The molecule has 6 aromatic carbocycles. The van der Waals surface area contributed by atoms with Crippen molar-refractivity contribution in [3.05, 3.63) is 219 Å². The molecule has 12 aromatic rings. The molecule has 0 radical (unpaired) electrons. The molecular weight excluding hydrogens is 1390 g/mol. The zero-order valence-corrected chi connectivity index (χ0v) is 56.9.